The fraction of sp³-hybridized carbons (Fsp3) is 0.556. The second-order valence-electron chi connectivity index (χ2n) is 7.35. The van der Waals surface area contributed by atoms with Crippen LogP contribution in [0, 0.1) is 5.92 Å². The molecule has 154 valence electrons. The highest BCUT2D eigenvalue weighted by atomic mass is 32.2. The number of hydrogen-bond acceptors (Lipinski definition) is 6. The molecule has 0 spiro atoms. The van der Waals surface area contributed by atoms with E-state index in [0.717, 1.165) is 46.1 Å². The molecule has 8 nitrogen and oxygen atoms in total. The Bertz CT molecular complexity index is 1030. The van der Waals surface area contributed by atoms with Crippen molar-refractivity contribution in [3.05, 3.63) is 49.4 Å². The van der Waals surface area contributed by atoms with Crippen LogP contribution in [0.3, 0.4) is 0 Å². The van der Waals surface area contributed by atoms with E-state index in [4.69, 9.17) is 0 Å². The van der Waals surface area contributed by atoms with Crippen molar-refractivity contribution in [1.82, 2.24) is 18.8 Å². The fourth-order valence-corrected chi connectivity index (χ4v) is 5.51. The summed E-state index contributed by atoms with van der Waals surface area (Å²) in [6.45, 7) is 4.22. The van der Waals surface area contributed by atoms with Gasteiger partial charge in [0.2, 0.25) is 10.0 Å². The highest BCUT2D eigenvalue weighted by molar-refractivity contribution is 7.89. The molecule has 1 fully saturated rings. The maximum absolute atomic E-state index is 12.8. The summed E-state index contributed by atoms with van der Waals surface area (Å²) >= 11 is 1.59. The Morgan fingerprint density at radius 3 is 2.54 bits per heavy atom. The molecule has 3 heterocycles. The third kappa shape index (κ3) is 4.29. The van der Waals surface area contributed by atoms with Crippen LogP contribution >= 0.6 is 11.3 Å². The molecular formula is C18H26N4O4S2. The van der Waals surface area contributed by atoms with Crippen LogP contribution in [0.2, 0.25) is 0 Å². The fourth-order valence-electron chi connectivity index (χ4n) is 3.46. The molecule has 0 bridgehead atoms. The van der Waals surface area contributed by atoms with Gasteiger partial charge >= 0.3 is 5.69 Å². The molecule has 10 heteroatoms. The number of aryl methyl sites for hydroxylation is 1. The number of nitrogens with zero attached hydrogens (tertiary/aromatic N) is 3. The minimum absolute atomic E-state index is 0.0846. The van der Waals surface area contributed by atoms with Gasteiger partial charge in [0, 0.05) is 31.7 Å². The van der Waals surface area contributed by atoms with E-state index < -0.39 is 26.2 Å². The lowest BCUT2D eigenvalue weighted by Gasteiger charge is -2.36. The number of rotatable bonds is 6. The Balaban J connectivity index is 1.85. The van der Waals surface area contributed by atoms with Gasteiger partial charge in [-0.2, -0.15) is 0 Å². The third-order valence-corrected chi connectivity index (χ3v) is 7.68. The van der Waals surface area contributed by atoms with Gasteiger partial charge in [-0.15, -0.1) is 11.3 Å². The molecule has 0 aromatic carbocycles. The molecule has 1 saturated heterocycles. The summed E-state index contributed by atoms with van der Waals surface area (Å²) in [6.07, 6.45) is 3.24. The lowest BCUT2D eigenvalue weighted by molar-refractivity contribution is 0.141. The molecule has 0 unspecified atom stereocenters. The third-order valence-electron chi connectivity index (χ3n) is 5.30. The zero-order valence-corrected chi connectivity index (χ0v) is 17.9. The largest absolute Gasteiger partial charge is 0.330 e. The van der Waals surface area contributed by atoms with Gasteiger partial charge in [-0.25, -0.2) is 17.9 Å². The summed E-state index contributed by atoms with van der Waals surface area (Å²) in [6, 6.07) is 3.88. The first-order chi connectivity index (χ1) is 13.2. The molecular weight excluding hydrogens is 400 g/mol. The quantitative estimate of drug-likeness (QED) is 0.741. The zero-order chi connectivity index (χ0) is 20.5. The van der Waals surface area contributed by atoms with Gasteiger partial charge < -0.3 is 4.57 Å². The Kier molecular flexibility index (Phi) is 6.23. The molecule has 1 aliphatic rings. The number of thiophene rings is 1. The van der Waals surface area contributed by atoms with Crippen molar-refractivity contribution in [2.75, 3.05) is 19.6 Å². The summed E-state index contributed by atoms with van der Waals surface area (Å²) < 4.78 is 30.1. The molecule has 0 radical (unpaired) electrons. The minimum atomic E-state index is -4.05. The summed E-state index contributed by atoms with van der Waals surface area (Å²) in [5, 5.41) is 1.98. The molecule has 2 aromatic rings. The molecule has 0 aliphatic carbocycles. The monoisotopic (exact) mass is 426 g/mol. The van der Waals surface area contributed by atoms with Crippen LogP contribution in [0.1, 0.15) is 30.7 Å². The highest BCUT2D eigenvalue weighted by Crippen LogP contribution is 2.29. The zero-order valence-electron chi connectivity index (χ0n) is 16.3. The topological polar surface area (TPSA) is 93.4 Å². The predicted molar refractivity (Wildman–Crippen MR) is 109 cm³/mol. The lowest BCUT2D eigenvalue weighted by atomic mass is 9.97. The van der Waals surface area contributed by atoms with Crippen LogP contribution < -0.4 is 16.0 Å². The van der Waals surface area contributed by atoms with Gasteiger partial charge in [-0.05, 0) is 43.3 Å². The number of aromatic nitrogens is 2. The van der Waals surface area contributed by atoms with Crippen LogP contribution in [0.25, 0.3) is 0 Å². The summed E-state index contributed by atoms with van der Waals surface area (Å²) in [4.78, 5) is 27.1. The normalized spacial score (nSPS) is 17.7. The molecule has 0 saturated carbocycles. The SMILES string of the molecule is CC1CCN([C@H](CNS(=O)(=O)c2cn(C)c(=O)n(C)c2=O)c2cccs2)CC1. The van der Waals surface area contributed by atoms with Gasteiger partial charge in [-0.1, -0.05) is 13.0 Å². The lowest BCUT2D eigenvalue weighted by Crippen LogP contribution is -2.44. The number of hydrogen-bond donors (Lipinski definition) is 1. The van der Waals surface area contributed by atoms with E-state index in [1.165, 1.54) is 14.1 Å². The Hall–Kier alpha value is -1.75. The van der Waals surface area contributed by atoms with Crippen molar-refractivity contribution in [3.8, 4) is 0 Å². The van der Waals surface area contributed by atoms with E-state index in [1.54, 1.807) is 11.3 Å². The smallest absolute Gasteiger partial charge is 0.302 e. The van der Waals surface area contributed by atoms with Gasteiger partial charge in [0.1, 0.15) is 0 Å². The van der Waals surface area contributed by atoms with Crippen molar-refractivity contribution in [1.29, 1.82) is 0 Å². The molecule has 2 aromatic heterocycles. The second-order valence-corrected chi connectivity index (χ2v) is 10.1. The average Bonchev–Trinajstić information content (AvgIpc) is 3.18. The first-order valence-electron chi connectivity index (χ1n) is 9.24. The molecule has 28 heavy (non-hydrogen) atoms. The standard InChI is InChI=1S/C18H26N4O4S2/c1-13-6-8-22(9-7-13)14(15-5-4-10-27-15)11-19-28(25,26)16-12-20(2)18(24)21(3)17(16)23/h4-5,10,12-14,19H,6-9,11H2,1-3H3/t14-/m1/s1. The summed E-state index contributed by atoms with van der Waals surface area (Å²) in [5.41, 5.74) is -1.39. The molecule has 3 rings (SSSR count). The van der Waals surface area contributed by atoms with Gasteiger partial charge in [-0.3, -0.25) is 14.3 Å². The first kappa shape index (κ1) is 21.0. The minimum Gasteiger partial charge on any atom is -0.302 e. The van der Waals surface area contributed by atoms with E-state index in [2.05, 4.69) is 16.5 Å². The van der Waals surface area contributed by atoms with Crippen molar-refractivity contribution < 1.29 is 8.42 Å². The van der Waals surface area contributed by atoms with E-state index in [9.17, 15) is 18.0 Å². The number of sulfonamides is 1. The van der Waals surface area contributed by atoms with Crippen molar-refractivity contribution in [3.63, 3.8) is 0 Å². The maximum atomic E-state index is 12.8. The predicted octanol–water partition coefficient (Wildman–Crippen LogP) is 0.897. The van der Waals surface area contributed by atoms with Crippen LogP contribution in [0.4, 0.5) is 0 Å². The van der Waals surface area contributed by atoms with Gasteiger partial charge in [0.15, 0.2) is 4.90 Å². The van der Waals surface area contributed by atoms with E-state index in [-0.39, 0.29) is 12.6 Å². The highest BCUT2D eigenvalue weighted by Gasteiger charge is 2.28. The van der Waals surface area contributed by atoms with Crippen LogP contribution in [0.15, 0.2) is 38.2 Å². The Morgan fingerprint density at radius 1 is 1.25 bits per heavy atom. The van der Waals surface area contributed by atoms with Crippen molar-refractivity contribution in [2.24, 2.45) is 20.0 Å². The maximum Gasteiger partial charge on any atom is 0.330 e. The van der Waals surface area contributed by atoms with Crippen LogP contribution in [-0.4, -0.2) is 42.1 Å². The summed E-state index contributed by atoms with van der Waals surface area (Å²) in [7, 11) is -1.36. The molecule has 1 atom stereocenters. The first-order valence-corrected chi connectivity index (χ1v) is 11.6. The Morgan fingerprint density at radius 2 is 1.93 bits per heavy atom. The van der Waals surface area contributed by atoms with E-state index in [1.807, 2.05) is 17.5 Å². The number of nitrogens with one attached hydrogen (secondary N) is 1. The average molecular weight is 427 g/mol. The van der Waals surface area contributed by atoms with Gasteiger partial charge in [0.25, 0.3) is 5.56 Å². The van der Waals surface area contributed by atoms with Crippen LogP contribution in [0.5, 0.6) is 0 Å². The molecule has 1 N–H and O–H groups in total. The Labute approximate surface area is 168 Å². The van der Waals surface area contributed by atoms with E-state index >= 15 is 0 Å². The van der Waals surface area contributed by atoms with Crippen molar-refractivity contribution >= 4 is 21.4 Å². The second kappa shape index (κ2) is 8.32. The summed E-state index contributed by atoms with van der Waals surface area (Å²) in [5.74, 6) is 0.672. The molecule has 0 amide bonds. The number of likely N-dealkylation sites (tertiary alicyclic amines) is 1. The van der Waals surface area contributed by atoms with Crippen molar-refractivity contribution in [2.45, 2.75) is 30.7 Å². The number of piperidine rings is 1. The van der Waals surface area contributed by atoms with Gasteiger partial charge in [0.05, 0.1) is 6.04 Å². The van der Waals surface area contributed by atoms with E-state index in [0.29, 0.717) is 5.92 Å². The van der Waals surface area contributed by atoms with Crippen LogP contribution in [-0.2, 0) is 24.1 Å². The molecule has 1 aliphatic heterocycles.